The molecule has 2 heterocycles. The predicted octanol–water partition coefficient (Wildman–Crippen LogP) is 1.66. The lowest BCUT2D eigenvalue weighted by molar-refractivity contribution is 0.0691. The number of rotatable bonds is 1. The molecule has 0 radical (unpaired) electrons. The number of nitrogens with zero attached hydrogens (tertiary/aromatic N) is 1. The maximum absolute atomic E-state index is 14.4. The molecule has 1 aromatic carbocycles. The lowest BCUT2D eigenvalue weighted by atomic mass is 9.74. The second-order valence-corrected chi connectivity index (χ2v) is 6.42. The van der Waals surface area contributed by atoms with Gasteiger partial charge in [-0.1, -0.05) is 0 Å². The van der Waals surface area contributed by atoms with Gasteiger partial charge in [-0.15, -0.1) is 0 Å². The van der Waals surface area contributed by atoms with Gasteiger partial charge in [0, 0.05) is 18.2 Å². The molecule has 24 heavy (non-hydrogen) atoms. The van der Waals surface area contributed by atoms with E-state index in [0.717, 1.165) is 19.3 Å². The number of nitrogen functional groups attached to an aromatic ring is 2. The fourth-order valence-corrected chi connectivity index (χ4v) is 3.78. The highest BCUT2D eigenvalue weighted by molar-refractivity contribution is 6.03. The summed E-state index contributed by atoms with van der Waals surface area (Å²) in [6, 6.07) is 0. The molecule has 0 saturated heterocycles. The molecule has 1 fully saturated rings. The van der Waals surface area contributed by atoms with Gasteiger partial charge in [-0.25, -0.2) is 9.18 Å². The number of hydrogen-bond acceptors (Lipinski definition) is 5. The largest absolute Gasteiger partial charge is 0.489 e. The number of aromatic carboxylic acids is 1. The Morgan fingerprint density at radius 1 is 1.29 bits per heavy atom. The molecule has 4 rings (SSSR count). The summed E-state index contributed by atoms with van der Waals surface area (Å²) in [5, 5.41) is 9.20. The molecule has 1 spiro atoms. The number of aromatic nitrogens is 1. The molecule has 1 saturated carbocycles. The Balaban J connectivity index is 2.27. The lowest BCUT2D eigenvalue weighted by Gasteiger charge is -2.44. The van der Waals surface area contributed by atoms with E-state index in [1.807, 2.05) is 0 Å². The molecule has 1 aromatic heterocycles. The maximum Gasteiger partial charge on any atom is 0.341 e. The second-order valence-electron chi connectivity index (χ2n) is 6.42. The van der Waals surface area contributed by atoms with Crippen LogP contribution in [0.2, 0.25) is 0 Å². The van der Waals surface area contributed by atoms with Gasteiger partial charge in [0.1, 0.15) is 11.3 Å². The van der Waals surface area contributed by atoms with Crippen molar-refractivity contribution < 1.29 is 19.0 Å². The monoisotopic (exact) mass is 333 g/mol. The fraction of sp³-hybridized carbons (Fsp3) is 0.375. The third kappa shape index (κ3) is 1.65. The first-order valence-electron chi connectivity index (χ1n) is 7.70. The van der Waals surface area contributed by atoms with Gasteiger partial charge in [0.05, 0.1) is 23.2 Å². The molecule has 0 bridgehead atoms. The van der Waals surface area contributed by atoms with Gasteiger partial charge in [0.2, 0.25) is 5.43 Å². The Labute approximate surface area is 135 Å². The number of fused-ring (bicyclic) bond motifs is 1. The lowest BCUT2D eigenvalue weighted by Crippen LogP contribution is -2.42. The van der Waals surface area contributed by atoms with E-state index in [1.165, 1.54) is 6.20 Å². The van der Waals surface area contributed by atoms with Gasteiger partial charge in [-0.05, 0) is 19.3 Å². The molecule has 5 N–H and O–H groups in total. The third-order valence-corrected chi connectivity index (χ3v) is 5.25. The van der Waals surface area contributed by atoms with E-state index in [0.29, 0.717) is 18.5 Å². The van der Waals surface area contributed by atoms with Crippen molar-refractivity contribution in [3.8, 4) is 5.75 Å². The van der Waals surface area contributed by atoms with Gasteiger partial charge in [0.15, 0.2) is 11.6 Å². The second kappa shape index (κ2) is 4.62. The van der Waals surface area contributed by atoms with Crippen molar-refractivity contribution in [1.82, 2.24) is 4.57 Å². The Bertz CT molecular complexity index is 962. The first kappa shape index (κ1) is 14.8. The fourth-order valence-electron chi connectivity index (χ4n) is 3.78. The first-order valence-corrected chi connectivity index (χ1v) is 7.70. The van der Waals surface area contributed by atoms with Crippen molar-refractivity contribution in [2.45, 2.75) is 31.2 Å². The molecule has 7 nitrogen and oxygen atoms in total. The van der Waals surface area contributed by atoms with Gasteiger partial charge < -0.3 is 25.9 Å². The van der Waals surface area contributed by atoms with Crippen LogP contribution >= 0.6 is 0 Å². The van der Waals surface area contributed by atoms with E-state index in [4.69, 9.17) is 16.2 Å². The summed E-state index contributed by atoms with van der Waals surface area (Å²) in [4.78, 5) is 24.1. The molecule has 126 valence electrons. The number of benzene rings is 1. The van der Waals surface area contributed by atoms with Crippen LogP contribution in [0.15, 0.2) is 11.0 Å². The van der Waals surface area contributed by atoms with Crippen molar-refractivity contribution >= 4 is 28.2 Å². The predicted molar refractivity (Wildman–Crippen MR) is 85.9 cm³/mol. The number of halogens is 1. The zero-order valence-corrected chi connectivity index (χ0v) is 12.8. The number of nitrogens with two attached hydrogens (primary N) is 2. The number of hydrogen-bond donors (Lipinski definition) is 3. The topological polar surface area (TPSA) is 121 Å². The van der Waals surface area contributed by atoms with Crippen LogP contribution < -0.4 is 21.6 Å². The quantitative estimate of drug-likeness (QED) is 0.683. The number of ether oxygens (including phenoxy) is 1. The molecule has 1 aliphatic carbocycles. The van der Waals surface area contributed by atoms with Crippen LogP contribution in [-0.4, -0.2) is 22.2 Å². The minimum atomic E-state index is -1.37. The molecule has 0 unspecified atom stereocenters. The maximum atomic E-state index is 14.4. The van der Waals surface area contributed by atoms with Crippen molar-refractivity contribution in [3.63, 3.8) is 0 Å². The molecule has 2 aliphatic rings. The minimum Gasteiger partial charge on any atom is -0.489 e. The van der Waals surface area contributed by atoms with Crippen LogP contribution in [0.3, 0.4) is 0 Å². The Kier molecular flexibility index (Phi) is 2.85. The first-order chi connectivity index (χ1) is 11.4. The van der Waals surface area contributed by atoms with Gasteiger partial charge >= 0.3 is 5.97 Å². The zero-order valence-electron chi connectivity index (χ0n) is 12.8. The summed E-state index contributed by atoms with van der Waals surface area (Å²) in [6.45, 7) is 0.306. The van der Waals surface area contributed by atoms with Crippen LogP contribution in [0.5, 0.6) is 5.75 Å². The van der Waals surface area contributed by atoms with Crippen molar-refractivity contribution in [2.75, 3.05) is 18.1 Å². The molecule has 0 amide bonds. The van der Waals surface area contributed by atoms with E-state index in [9.17, 15) is 19.1 Å². The number of anilines is 2. The number of carbonyl (C=O) groups is 1. The summed E-state index contributed by atoms with van der Waals surface area (Å²) in [5.74, 6) is -2.26. The van der Waals surface area contributed by atoms with Gasteiger partial charge in [-0.3, -0.25) is 4.79 Å². The zero-order chi connectivity index (χ0) is 17.2. The summed E-state index contributed by atoms with van der Waals surface area (Å²) in [7, 11) is 0. The highest BCUT2D eigenvalue weighted by Crippen LogP contribution is 2.49. The molecule has 1 aliphatic heterocycles. The standard InChI is InChI=1S/C16H16FN3O4/c17-9-10(18)8-12-14(11(9)19)24-5-4-16(2-1-3-16)20(12)6-7(13(8)21)15(22)23/h6H,1-5,18-19H2,(H,22,23). The van der Waals surface area contributed by atoms with Crippen LogP contribution in [0, 0.1) is 5.82 Å². The molecule has 8 heteroatoms. The highest BCUT2D eigenvalue weighted by atomic mass is 19.1. The number of carboxylic acids is 1. The van der Waals surface area contributed by atoms with Gasteiger partial charge in [0.25, 0.3) is 0 Å². The van der Waals surface area contributed by atoms with Crippen LogP contribution in [0.25, 0.3) is 10.9 Å². The van der Waals surface area contributed by atoms with E-state index in [1.54, 1.807) is 4.57 Å². The number of carboxylic acid groups (broad SMARTS) is 1. The molecular formula is C16H16FN3O4. The molecule has 0 atom stereocenters. The smallest absolute Gasteiger partial charge is 0.341 e. The highest BCUT2D eigenvalue weighted by Gasteiger charge is 2.42. The van der Waals surface area contributed by atoms with E-state index in [-0.39, 0.29) is 22.4 Å². The summed E-state index contributed by atoms with van der Waals surface area (Å²) >= 11 is 0. The Morgan fingerprint density at radius 2 is 2.00 bits per heavy atom. The van der Waals surface area contributed by atoms with Crippen LogP contribution in [0.4, 0.5) is 15.8 Å². The summed E-state index contributed by atoms with van der Waals surface area (Å²) < 4.78 is 21.7. The SMILES string of the molecule is Nc1c(F)c(N)c2c(=O)c(C(=O)O)cn3c2c1OCCC31CCC1. The van der Waals surface area contributed by atoms with E-state index >= 15 is 0 Å². The minimum absolute atomic E-state index is 0.0644. The Morgan fingerprint density at radius 3 is 2.58 bits per heavy atom. The normalized spacial score (nSPS) is 18.0. The summed E-state index contributed by atoms with van der Waals surface area (Å²) in [6.07, 6.45) is 4.58. The average Bonchev–Trinajstić information content (AvgIpc) is 2.67. The average molecular weight is 333 g/mol. The molecular weight excluding hydrogens is 317 g/mol. The van der Waals surface area contributed by atoms with Crippen LogP contribution in [0.1, 0.15) is 36.0 Å². The van der Waals surface area contributed by atoms with Crippen molar-refractivity contribution in [1.29, 1.82) is 0 Å². The van der Waals surface area contributed by atoms with E-state index in [2.05, 4.69) is 0 Å². The van der Waals surface area contributed by atoms with E-state index < -0.39 is 28.5 Å². The third-order valence-electron chi connectivity index (χ3n) is 5.25. The molecule has 2 aromatic rings. The van der Waals surface area contributed by atoms with Crippen molar-refractivity contribution in [3.05, 3.63) is 27.8 Å². The van der Waals surface area contributed by atoms with Gasteiger partial charge in [-0.2, -0.15) is 0 Å². The summed E-state index contributed by atoms with van der Waals surface area (Å²) in [5.41, 5.74) is 9.59. The Hall–Kier alpha value is -2.77. The van der Waals surface area contributed by atoms with Crippen molar-refractivity contribution in [2.24, 2.45) is 0 Å². The number of pyridine rings is 1. The van der Waals surface area contributed by atoms with Crippen LogP contribution in [-0.2, 0) is 5.54 Å².